The maximum absolute atomic E-state index is 14.1. The predicted molar refractivity (Wildman–Crippen MR) is 171 cm³/mol. The Hall–Kier alpha value is -4.75. The van der Waals surface area contributed by atoms with Crippen molar-refractivity contribution in [2.24, 2.45) is 0 Å². The molecule has 0 spiro atoms. The van der Waals surface area contributed by atoms with Gasteiger partial charge in [0.1, 0.15) is 5.82 Å². The highest BCUT2D eigenvalue weighted by atomic mass is 32.1. The first kappa shape index (κ1) is 29.7. The number of amides is 1. The molecular formula is C33H34FN7OS. The molecular weight excluding hydrogens is 561 g/mol. The summed E-state index contributed by atoms with van der Waals surface area (Å²) in [6, 6.07) is 23.2. The number of benzene rings is 3. The molecule has 3 aromatic carbocycles. The first-order valence-corrected chi connectivity index (χ1v) is 14.8. The lowest BCUT2D eigenvalue weighted by molar-refractivity contribution is 0.0984. The van der Waals surface area contributed by atoms with Gasteiger partial charge in [0.2, 0.25) is 0 Å². The number of aromatic nitrogens is 2. The van der Waals surface area contributed by atoms with Crippen molar-refractivity contribution in [2.75, 3.05) is 42.5 Å². The summed E-state index contributed by atoms with van der Waals surface area (Å²) in [5, 5.41) is 13.2. The van der Waals surface area contributed by atoms with Gasteiger partial charge in [-0.05, 0) is 78.8 Å². The van der Waals surface area contributed by atoms with E-state index in [9.17, 15) is 9.18 Å². The van der Waals surface area contributed by atoms with Gasteiger partial charge in [-0.25, -0.2) is 9.37 Å². The number of thiocarbonyl (C=S) groups is 1. The molecule has 8 nitrogen and oxygen atoms in total. The van der Waals surface area contributed by atoms with E-state index < -0.39 is 5.82 Å². The van der Waals surface area contributed by atoms with Gasteiger partial charge in [0.15, 0.2) is 5.11 Å². The van der Waals surface area contributed by atoms with Crippen molar-refractivity contribution in [3.63, 3.8) is 0 Å². The first-order chi connectivity index (χ1) is 20.9. The Kier molecular flexibility index (Phi) is 9.64. The summed E-state index contributed by atoms with van der Waals surface area (Å²) in [7, 11) is 0. The van der Waals surface area contributed by atoms with E-state index in [1.807, 2.05) is 41.0 Å². The van der Waals surface area contributed by atoms with Crippen LogP contribution in [0.4, 0.5) is 15.8 Å². The quantitative estimate of drug-likeness (QED) is 0.267. The fourth-order valence-corrected chi connectivity index (χ4v) is 5.36. The van der Waals surface area contributed by atoms with E-state index in [1.165, 1.54) is 12.1 Å². The lowest BCUT2D eigenvalue weighted by Crippen LogP contribution is -2.51. The summed E-state index contributed by atoms with van der Waals surface area (Å²) in [5.41, 5.74) is 4.47. The van der Waals surface area contributed by atoms with Crippen LogP contribution in [0, 0.1) is 17.1 Å². The zero-order valence-electron chi connectivity index (χ0n) is 24.1. The fourth-order valence-electron chi connectivity index (χ4n) is 5.08. The lowest BCUT2D eigenvalue weighted by Gasteiger charge is -2.37. The Bertz CT molecular complexity index is 1590. The van der Waals surface area contributed by atoms with Gasteiger partial charge < -0.3 is 24.6 Å². The number of carbonyl (C=O) groups excluding carboxylic acids is 1. The molecule has 0 bridgehead atoms. The molecule has 2 heterocycles. The Morgan fingerprint density at radius 2 is 1.81 bits per heavy atom. The minimum atomic E-state index is -0.462. The lowest BCUT2D eigenvalue weighted by atomic mass is 10.1. The van der Waals surface area contributed by atoms with Crippen molar-refractivity contribution in [1.82, 2.24) is 19.8 Å². The molecule has 0 unspecified atom stereocenters. The smallest absolute Gasteiger partial charge is 0.258 e. The van der Waals surface area contributed by atoms with Crippen LogP contribution in [0.2, 0.25) is 0 Å². The van der Waals surface area contributed by atoms with Gasteiger partial charge >= 0.3 is 0 Å². The Morgan fingerprint density at radius 3 is 2.49 bits per heavy atom. The monoisotopic (exact) mass is 595 g/mol. The number of anilines is 2. The normalized spacial score (nSPS) is 13.0. The van der Waals surface area contributed by atoms with Gasteiger partial charge in [0.05, 0.1) is 30.2 Å². The van der Waals surface area contributed by atoms with Crippen molar-refractivity contribution in [3.05, 3.63) is 114 Å². The number of halogens is 1. The van der Waals surface area contributed by atoms with E-state index in [2.05, 4.69) is 33.1 Å². The largest absolute Gasteiger partial charge is 0.368 e. The van der Waals surface area contributed by atoms with Crippen LogP contribution < -0.4 is 15.1 Å². The van der Waals surface area contributed by atoms with E-state index in [-0.39, 0.29) is 18.0 Å². The summed E-state index contributed by atoms with van der Waals surface area (Å²) in [6.45, 7) is 7.13. The summed E-state index contributed by atoms with van der Waals surface area (Å²) in [4.78, 5) is 24.3. The van der Waals surface area contributed by atoms with Crippen LogP contribution >= 0.6 is 12.2 Å². The molecule has 0 saturated carbocycles. The van der Waals surface area contributed by atoms with Crippen LogP contribution in [-0.4, -0.2) is 58.2 Å². The number of hydrogen-bond donors (Lipinski definition) is 1. The average molecular weight is 596 g/mol. The van der Waals surface area contributed by atoms with Crippen LogP contribution in [0.3, 0.4) is 0 Å². The van der Waals surface area contributed by atoms with Crippen LogP contribution in [0.5, 0.6) is 0 Å². The highest BCUT2D eigenvalue weighted by Gasteiger charge is 2.22. The molecule has 1 fully saturated rings. The standard InChI is InChI=1S/C33H34FN7OS/c1-2-14-37-33(43)39-17-15-38(16-18-39)29-10-12-30(13-11-29)41(32(42)27-4-3-5-28(34)19-27)23-31-21-36-24-40(31)22-26-8-6-25(20-35)7-9-26/h3-13,19,21,24H,2,14-18,22-23H2,1H3,(H,37,43). The molecule has 220 valence electrons. The number of nitriles is 1. The Labute approximate surface area is 257 Å². The highest BCUT2D eigenvalue weighted by Crippen LogP contribution is 2.26. The molecule has 0 atom stereocenters. The van der Waals surface area contributed by atoms with E-state index >= 15 is 0 Å². The molecule has 1 aliphatic rings. The number of rotatable bonds is 9. The van der Waals surface area contributed by atoms with Crippen LogP contribution in [0.25, 0.3) is 0 Å². The molecule has 1 saturated heterocycles. The third kappa shape index (κ3) is 7.37. The molecule has 1 aliphatic heterocycles. The number of nitrogens with zero attached hydrogens (tertiary/aromatic N) is 6. The number of piperazine rings is 1. The zero-order valence-corrected chi connectivity index (χ0v) is 24.9. The molecule has 1 aromatic heterocycles. The summed E-state index contributed by atoms with van der Waals surface area (Å²) >= 11 is 5.53. The molecule has 4 aromatic rings. The Morgan fingerprint density at radius 1 is 1.07 bits per heavy atom. The highest BCUT2D eigenvalue weighted by molar-refractivity contribution is 7.80. The second-order valence-corrected chi connectivity index (χ2v) is 10.8. The van der Waals surface area contributed by atoms with E-state index in [1.54, 1.807) is 41.7 Å². The molecule has 10 heteroatoms. The van der Waals surface area contributed by atoms with Crippen LogP contribution in [0.1, 0.15) is 40.5 Å². The maximum atomic E-state index is 14.1. The van der Waals surface area contributed by atoms with E-state index in [4.69, 9.17) is 17.5 Å². The third-order valence-corrected chi connectivity index (χ3v) is 7.89. The topological polar surface area (TPSA) is 80.4 Å². The van der Waals surface area contributed by atoms with Gasteiger partial charge in [-0.2, -0.15) is 5.26 Å². The second-order valence-electron chi connectivity index (χ2n) is 10.4. The van der Waals surface area contributed by atoms with Crippen molar-refractivity contribution < 1.29 is 9.18 Å². The van der Waals surface area contributed by atoms with Crippen molar-refractivity contribution >= 4 is 34.6 Å². The minimum absolute atomic E-state index is 0.242. The van der Waals surface area contributed by atoms with Gasteiger partial charge in [-0.3, -0.25) is 4.79 Å². The second kappa shape index (κ2) is 13.9. The number of nitrogens with one attached hydrogen (secondary N) is 1. The molecule has 5 rings (SSSR count). The van der Waals surface area contributed by atoms with Gasteiger partial charge in [-0.1, -0.05) is 25.1 Å². The van der Waals surface area contributed by atoms with E-state index in [0.29, 0.717) is 17.8 Å². The van der Waals surface area contributed by atoms with Gasteiger partial charge in [0, 0.05) is 62.4 Å². The van der Waals surface area contributed by atoms with Crippen molar-refractivity contribution in [3.8, 4) is 6.07 Å². The number of hydrogen-bond acceptors (Lipinski definition) is 5. The SMILES string of the molecule is CCCNC(=S)N1CCN(c2ccc(N(Cc3cncn3Cc3ccc(C#N)cc3)C(=O)c3cccc(F)c3)cc2)CC1. The van der Waals surface area contributed by atoms with Gasteiger partial charge in [-0.15, -0.1) is 0 Å². The summed E-state index contributed by atoms with van der Waals surface area (Å²) in [6.07, 6.45) is 4.50. The molecule has 43 heavy (non-hydrogen) atoms. The molecule has 1 amide bonds. The summed E-state index contributed by atoms with van der Waals surface area (Å²) < 4.78 is 16.1. The predicted octanol–water partition coefficient (Wildman–Crippen LogP) is 5.20. The molecule has 0 aliphatic carbocycles. The van der Waals surface area contributed by atoms with E-state index in [0.717, 1.165) is 61.2 Å². The first-order valence-electron chi connectivity index (χ1n) is 14.4. The minimum Gasteiger partial charge on any atom is -0.368 e. The zero-order chi connectivity index (χ0) is 30.2. The maximum Gasteiger partial charge on any atom is 0.258 e. The van der Waals surface area contributed by atoms with Crippen molar-refractivity contribution in [2.45, 2.75) is 26.4 Å². The number of carbonyl (C=O) groups is 1. The summed E-state index contributed by atoms with van der Waals surface area (Å²) in [5.74, 6) is -0.768. The van der Waals surface area contributed by atoms with Gasteiger partial charge in [0.25, 0.3) is 5.91 Å². The van der Waals surface area contributed by atoms with Crippen LogP contribution in [-0.2, 0) is 13.1 Å². The molecule has 0 radical (unpaired) electrons. The fraction of sp³-hybridized carbons (Fsp3) is 0.273. The number of imidazole rings is 1. The van der Waals surface area contributed by atoms with Crippen LogP contribution in [0.15, 0.2) is 85.3 Å². The molecule has 1 N–H and O–H groups in total. The average Bonchev–Trinajstić information content (AvgIpc) is 3.49. The third-order valence-electron chi connectivity index (χ3n) is 7.49. The Balaban J connectivity index is 1.35. The van der Waals surface area contributed by atoms with Crippen molar-refractivity contribution in [1.29, 1.82) is 5.26 Å².